The van der Waals surface area contributed by atoms with Gasteiger partial charge in [-0.05, 0) is 48.6 Å². The molecule has 0 unspecified atom stereocenters. The summed E-state index contributed by atoms with van der Waals surface area (Å²) in [6.45, 7) is 3.44. The molecule has 0 spiro atoms. The van der Waals surface area contributed by atoms with Crippen LogP contribution >= 0.6 is 27.3 Å². The highest BCUT2D eigenvalue weighted by atomic mass is 79.9. The van der Waals surface area contributed by atoms with Crippen LogP contribution in [0.5, 0.6) is 0 Å². The second kappa shape index (κ2) is 5.78. The fourth-order valence-corrected chi connectivity index (χ4v) is 4.09. The first kappa shape index (κ1) is 16.0. The molecule has 0 fully saturated rings. The Balaban J connectivity index is 2.44. The van der Waals surface area contributed by atoms with E-state index in [1.165, 1.54) is 12.1 Å². The molecule has 0 aliphatic carbocycles. The predicted octanol–water partition coefficient (Wildman–Crippen LogP) is 3.63. The standard InChI is InChI=1S/C13H12BrNO4S2/c1-7-5-9(3-4-10(7)14)21(18,19)15-11-8(2)6-20-12(11)13(16)17/h3-6,15H,1-2H3,(H,16,17). The Hall–Kier alpha value is -1.38. The van der Waals surface area contributed by atoms with E-state index < -0.39 is 16.0 Å². The number of thiophene rings is 1. The normalized spacial score (nSPS) is 11.4. The highest BCUT2D eigenvalue weighted by Gasteiger charge is 2.22. The number of benzene rings is 1. The lowest BCUT2D eigenvalue weighted by atomic mass is 10.2. The lowest BCUT2D eigenvalue weighted by Gasteiger charge is -2.10. The van der Waals surface area contributed by atoms with Gasteiger partial charge in [-0.15, -0.1) is 11.3 Å². The number of hydrogen-bond acceptors (Lipinski definition) is 4. The van der Waals surface area contributed by atoms with Gasteiger partial charge < -0.3 is 5.11 Å². The number of nitrogens with one attached hydrogen (secondary N) is 1. The zero-order valence-corrected chi connectivity index (χ0v) is 14.4. The molecule has 0 atom stereocenters. The Kier molecular flexibility index (Phi) is 4.40. The minimum absolute atomic E-state index is 0.0232. The lowest BCUT2D eigenvalue weighted by Crippen LogP contribution is -2.15. The number of aryl methyl sites for hydroxylation is 2. The first-order valence-electron chi connectivity index (χ1n) is 5.82. The van der Waals surface area contributed by atoms with Crippen molar-refractivity contribution in [2.75, 3.05) is 4.72 Å². The minimum atomic E-state index is -3.83. The molecule has 2 aromatic rings. The molecule has 1 heterocycles. The number of carboxylic acids is 1. The molecular weight excluding hydrogens is 378 g/mol. The third kappa shape index (κ3) is 3.28. The molecular formula is C13H12BrNO4S2. The van der Waals surface area contributed by atoms with Crippen LogP contribution in [0.1, 0.15) is 20.8 Å². The summed E-state index contributed by atoms with van der Waals surface area (Å²) in [4.78, 5) is 11.2. The average Bonchev–Trinajstić information content (AvgIpc) is 2.74. The Labute approximate surface area is 134 Å². The molecule has 0 saturated heterocycles. The van der Waals surface area contributed by atoms with Crippen molar-refractivity contribution in [3.8, 4) is 0 Å². The molecule has 0 bridgehead atoms. The summed E-state index contributed by atoms with van der Waals surface area (Å²) in [5.74, 6) is -1.15. The maximum atomic E-state index is 12.4. The zero-order valence-electron chi connectivity index (χ0n) is 11.2. The average molecular weight is 390 g/mol. The first-order valence-corrected chi connectivity index (χ1v) is 8.98. The smallest absolute Gasteiger partial charge is 0.348 e. The van der Waals surface area contributed by atoms with Crippen LogP contribution in [0.25, 0.3) is 0 Å². The molecule has 21 heavy (non-hydrogen) atoms. The quantitative estimate of drug-likeness (QED) is 0.835. The van der Waals surface area contributed by atoms with E-state index in [1.54, 1.807) is 25.3 Å². The minimum Gasteiger partial charge on any atom is -0.477 e. The molecule has 8 heteroatoms. The summed E-state index contributed by atoms with van der Waals surface area (Å²) < 4.78 is 27.9. The van der Waals surface area contributed by atoms with Crippen LogP contribution in [0.2, 0.25) is 0 Å². The summed E-state index contributed by atoms with van der Waals surface area (Å²) in [6, 6.07) is 4.62. The molecule has 0 amide bonds. The summed E-state index contributed by atoms with van der Waals surface area (Å²) in [7, 11) is -3.83. The van der Waals surface area contributed by atoms with E-state index in [1.807, 2.05) is 0 Å². The van der Waals surface area contributed by atoms with E-state index in [2.05, 4.69) is 20.7 Å². The molecule has 0 aliphatic heterocycles. The number of carboxylic acid groups (broad SMARTS) is 1. The number of sulfonamides is 1. The Bertz CT molecular complexity index is 812. The van der Waals surface area contributed by atoms with Crippen molar-refractivity contribution >= 4 is 48.9 Å². The van der Waals surface area contributed by atoms with Crippen LogP contribution in [-0.4, -0.2) is 19.5 Å². The van der Waals surface area contributed by atoms with Crippen molar-refractivity contribution in [2.24, 2.45) is 0 Å². The van der Waals surface area contributed by atoms with Crippen molar-refractivity contribution in [2.45, 2.75) is 18.7 Å². The van der Waals surface area contributed by atoms with Gasteiger partial charge in [-0.1, -0.05) is 15.9 Å². The third-order valence-corrected chi connectivity index (χ3v) is 6.17. The van der Waals surface area contributed by atoms with Gasteiger partial charge in [0.05, 0.1) is 10.6 Å². The topological polar surface area (TPSA) is 83.5 Å². The summed E-state index contributed by atoms with van der Waals surface area (Å²) in [5.41, 5.74) is 1.47. The molecule has 0 saturated carbocycles. The lowest BCUT2D eigenvalue weighted by molar-refractivity contribution is 0.0703. The molecule has 2 rings (SSSR count). The van der Waals surface area contributed by atoms with Crippen LogP contribution < -0.4 is 4.72 Å². The number of hydrogen-bond donors (Lipinski definition) is 2. The van der Waals surface area contributed by atoms with Gasteiger partial charge in [-0.25, -0.2) is 13.2 Å². The van der Waals surface area contributed by atoms with E-state index in [0.29, 0.717) is 5.56 Å². The Morgan fingerprint density at radius 3 is 2.52 bits per heavy atom. The van der Waals surface area contributed by atoms with Gasteiger partial charge in [0.25, 0.3) is 10.0 Å². The monoisotopic (exact) mass is 389 g/mol. The fraction of sp³-hybridized carbons (Fsp3) is 0.154. The van der Waals surface area contributed by atoms with E-state index in [9.17, 15) is 13.2 Å². The molecule has 2 N–H and O–H groups in total. The molecule has 112 valence electrons. The van der Waals surface area contributed by atoms with Crippen LogP contribution in [0.4, 0.5) is 5.69 Å². The molecule has 1 aromatic heterocycles. The molecule has 0 radical (unpaired) electrons. The SMILES string of the molecule is Cc1cc(S(=O)(=O)Nc2c(C)csc2C(=O)O)ccc1Br. The van der Waals surface area contributed by atoms with Gasteiger partial charge in [-0.3, -0.25) is 4.72 Å². The third-order valence-electron chi connectivity index (χ3n) is 2.85. The number of carbonyl (C=O) groups is 1. The van der Waals surface area contributed by atoms with Crippen LogP contribution in [0.3, 0.4) is 0 Å². The first-order chi connectivity index (χ1) is 9.72. The second-order valence-electron chi connectivity index (χ2n) is 4.44. The molecule has 0 aliphatic rings. The maximum Gasteiger partial charge on any atom is 0.348 e. The zero-order chi connectivity index (χ0) is 15.8. The van der Waals surface area contributed by atoms with Crippen LogP contribution in [-0.2, 0) is 10.0 Å². The predicted molar refractivity (Wildman–Crippen MR) is 85.7 cm³/mol. The molecule has 1 aromatic carbocycles. The van der Waals surface area contributed by atoms with E-state index in [4.69, 9.17) is 5.11 Å². The van der Waals surface area contributed by atoms with E-state index >= 15 is 0 Å². The highest BCUT2D eigenvalue weighted by Crippen LogP contribution is 2.30. The van der Waals surface area contributed by atoms with Crippen molar-refractivity contribution in [3.63, 3.8) is 0 Å². The van der Waals surface area contributed by atoms with Crippen molar-refractivity contribution in [1.82, 2.24) is 0 Å². The summed E-state index contributed by atoms with van der Waals surface area (Å²) in [6.07, 6.45) is 0. The number of halogens is 1. The number of aromatic carboxylic acids is 1. The number of anilines is 1. The molecule has 5 nitrogen and oxygen atoms in total. The second-order valence-corrected chi connectivity index (χ2v) is 7.86. The van der Waals surface area contributed by atoms with Gasteiger partial charge in [0, 0.05) is 4.47 Å². The highest BCUT2D eigenvalue weighted by molar-refractivity contribution is 9.10. The van der Waals surface area contributed by atoms with Gasteiger partial charge in [0.1, 0.15) is 4.88 Å². The van der Waals surface area contributed by atoms with Crippen molar-refractivity contribution < 1.29 is 18.3 Å². The van der Waals surface area contributed by atoms with Crippen molar-refractivity contribution in [1.29, 1.82) is 0 Å². The van der Waals surface area contributed by atoms with Gasteiger partial charge in [0.15, 0.2) is 0 Å². The van der Waals surface area contributed by atoms with Gasteiger partial charge >= 0.3 is 5.97 Å². The maximum absolute atomic E-state index is 12.4. The summed E-state index contributed by atoms with van der Waals surface area (Å²) >= 11 is 4.30. The Morgan fingerprint density at radius 2 is 1.95 bits per heavy atom. The van der Waals surface area contributed by atoms with E-state index in [0.717, 1.165) is 21.4 Å². The fourth-order valence-electron chi connectivity index (χ4n) is 1.71. The number of rotatable bonds is 4. The van der Waals surface area contributed by atoms with Gasteiger partial charge in [0.2, 0.25) is 0 Å². The van der Waals surface area contributed by atoms with E-state index in [-0.39, 0.29) is 15.5 Å². The van der Waals surface area contributed by atoms with Crippen molar-refractivity contribution in [3.05, 3.63) is 44.1 Å². The van der Waals surface area contributed by atoms with Crippen LogP contribution in [0.15, 0.2) is 32.9 Å². The van der Waals surface area contributed by atoms with Crippen LogP contribution in [0, 0.1) is 13.8 Å². The largest absolute Gasteiger partial charge is 0.477 e. The summed E-state index contributed by atoms with van der Waals surface area (Å²) in [5, 5.41) is 10.7. The van der Waals surface area contributed by atoms with Gasteiger partial charge in [-0.2, -0.15) is 0 Å². The Morgan fingerprint density at radius 1 is 1.29 bits per heavy atom.